The average Bonchev–Trinajstić information content (AvgIpc) is 2.65. The molecule has 0 aliphatic carbocycles. The fourth-order valence-electron chi connectivity index (χ4n) is 2.99. The van der Waals surface area contributed by atoms with Gasteiger partial charge in [0.2, 0.25) is 0 Å². The lowest BCUT2D eigenvalue weighted by Crippen LogP contribution is -2.67. The molecule has 2 amide bonds. The summed E-state index contributed by atoms with van der Waals surface area (Å²) in [4.78, 5) is 36.3. The van der Waals surface area contributed by atoms with Gasteiger partial charge in [0.25, 0.3) is 0 Å². The van der Waals surface area contributed by atoms with Gasteiger partial charge in [-0.15, -0.1) is 0 Å². The number of carboxylic acid groups (broad SMARTS) is 1. The molecule has 1 aromatic carbocycles. The molecule has 1 fully saturated rings. The molecule has 2 unspecified atom stereocenters. The van der Waals surface area contributed by atoms with Crippen molar-refractivity contribution < 1.29 is 33.7 Å². The summed E-state index contributed by atoms with van der Waals surface area (Å²) in [6.07, 6.45) is -1.97. The van der Waals surface area contributed by atoms with Gasteiger partial charge in [-0.25, -0.2) is 14.4 Å². The van der Waals surface area contributed by atoms with Crippen LogP contribution in [0.25, 0.3) is 0 Å². The first kappa shape index (κ1) is 22.5. The first-order valence-corrected chi connectivity index (χ1v) is 9.43. The quantitative estimate of drug-likeness (QED) is 0.660. The first-order valence-electron chi connectivity index (χ1n) is 9.43. The molecule has 1 aliphatic heterocycles. The van der Waals surface area contributed by atoms with Gasteiger partial charge < -0.3 is 30.0 Å². The summed E-state index contributed by atoms with van der Waals surface area (Å²) in [7, 11) is 0. The van der Waals surface area contributed by atoms with Crippen molar-refractivity contribution in [2.24, 2.45) is 0 Å². The van der Waals surface area contributed by atoms with Crippen LogP contribution in [-0.4, -0.2) is 53.7 Å². The molecule has 0 saturated carbocycles. The van der Waals surface area contributed by atoms with E-state index in [4.69, 9.17) is 14.2 Å². The van der Waals surface area contributed by atoms with Crippen LogP contribution in [0, 0.1) is 0 Å². The Morgan fingerprint density at radius 1 is 1.21 bits per heavy atom. The van der Waals surface area contributed by atoms with Crippen molar-refractivity contribution in [2.45, 2.75) is 57.5 Å². The maximum Gasteiger partial charge on any atom is 0.408 e. The lowest BCUT2D eigenvalue weighted by atomic mass is 9.85. The molecular formula is C20H28N2O7. The number of alkyl carbamates (subject to hydrolysis) is 2. The van der Waals surface area contributed by atoms with Crippen LogP contribution in [0.2, 0.25) is 0 Å². The van der Waals surface area contributed by atoms with Gasteiger partial charge in [-0.2, -0.15) is 0 Å². The summed E-state index contributed by atoms with van der Waals surface area (Å²) in [5.74, 6) is -1.26. The van der Waals surface area contributed by atoms with Crippen LogP contribution in [0.3, 0.4) is 0 Å². The van der Waals surface area contributed by atoms with Crippen LogP contribution in [0.15, 0.2) is 30.3 Å². The van der Waals surface area contributed by atoms with E-state index in [1.807, 2.05) is 18.2 Å². The van der Waals surface area contributed by atoms with Crippen LogP contribution in [0.5, 0.6) is 0 Å². The third-order valence-corrected chi connectivity index (χ3v) is 4.33. The van der Waals surface area contributed by atoms with E-state index in [9.17, 15) is 19.5 Å². The second kappa shape index (κ2) is 9.60. The number of carboxylic acids is 1. The van der Waals surface area contributed by atoms with Crippen molar-refractivity contribution in [3.05, 3.63) is 35.9 Å². The van der Waals surface area contributed by atoms with E-state index in [1.165, 1.54) is 0 Å². The molecule has 2 atom stereocenters. The number of rotatable bonds is 6. The van der Waals surface area contributed by atoms with Gasteiger partial charge in [0, 0.05) is 6.61 Å². The van der Waals surface area contributed by atoms with Crippen LogP contribution in [0.4, 0.5) is 9.59 Å². The van der Waals surface area contributed by atoms with Crippen molar-refractivity contribution in [3.63, 3.8) is 0 Å². The zero-order valence-electron chi connectivity index (χ0n) is 16.9. The maximum atomic E-state index is 12.3. The van der Waals surface area contributed by atoms with E-state index in [-0.39, 0.29) is 19.6 Å². The third-order valence-electron chi connectivity index (χ3n) is 4.33. The van der Waals surface area contributed by atoms with Gasteiger partial charge in [-0.05, 0) is 39.2 Å². The molecule has 0 aromatic heterocycles. The normalized spacial score (nSPS) is 21.7. The average molecular weight is 408 g/mol. The van der Waals surface area contributed by atoms with Crippen LogP contribution in [-0.2, 0) is 25.6 Å². The van der Waals surface area contributed by atoms with Crippen molar-refractivity contribution in [1.82, 2.24) is 10.6 Å². The molecule has 2 rings (SSSR count). The predicted octanol–water partition coefficient (Wildman–Crippen LogP) is 2.44. The predicted molar refractivity (Wildman–Crippen MR) is 103 cm³/mol. The van der Waals surface area contributed by atoms with Gasteiger partial charge >= 0.3 is 18.2 Å². The zero-order chi connectivity index (χ0) is 21.5. The standard InChI is InChI=1S/C20H28N2O7/c1-19(2,3)29-17(25)21-12-15-20(16(23)24,10-7-11-27-15)22-18(26)28-13-14-8-5-4-6-9-14/h4-6,8-9,15H,7,10-13H2,1-3H3,(H,21,25)(H,22,26)(H,23,24). The third kappa shape index (κ3) is 6.63. The Morgan fingerprint density at radius 3 is 2.52 bits per heavy atom. The van der Waals surface area contributed by atoms with E-state index < -0.39 is 35.4 Å². The van der Waals surface area contributed by atoms with Gasteiger partial charge in [-0.1, -0.05) is 30.3 Å². The number of aliphatic carboxylic acids is 1. The molecule has 160 valence electrons. The Bertz CT molecular complexity index is 717. The summed E-state index contributed by atoms with van der Waals surface area (Å²) in [6.45, 7) is 5.33. The molecule has 0 radical (unpaired) electrons. The SMILES string of the molecule is CC(C)(C)OC(=O)NCC1OCCCC1(NC(=O)OCc1ccccc1)C(=O)O. The van der Waals surface area contributed by atoms with Crippen LogP contribution < -0.4 is 10.6 Å². The topological polar surface area (TPSA) is 123 Å². The van der Waals surface area contributed by atoms with Gasteiger partial charge in [0.15, 0.2) is 5.54 Å². The highest BCUT2D eigenvalue weighted by atomic mass is 16.6. The fourth-order valence-corrected chi connectivity index (χ4v) is 2.99. The summed E-state index contributed by atoms with van der Waals surface area (Å²) >= 11 is 0. The number of benzene rings is 1. The fraction of sp³-hybridized carbons (Fsp3) is 0.550. The van der Waals surface area contributed by atoms with Crippen molar-refractivity contribution in [3.8, 4) is 0 Å². The number of hydrogen-bond acceptors (Lipinski definition) is 6. The minimum Gasteiger partial charge on any atom is -0.479 e. The second-order valence-corrected chi connectivity index (χ2v) is 7.81. The molecule has 1 heterocycles. The van der Waals surface area contributed by atoms with Gasteiger partial charge in [0.1, 0.15) is 18.3 Å². The Kier molecular flexibility index (Phi) is 7.44. The number of carbonyl (C=O) groups is 3. The number of nitrogens with one attached hydrogen (secondary N) is 2. The largest absolute Gasteiger partial charge is 0.479 e. The van der Waals surface area contributed by atoms with E-state index >= 15 is 0 Å². The lowest BCUT2D eigenvalue weighted by Gasteiger charge is -2.40. The van der Waals surface area contributed by atoms with E-state index in [0.29, 0.717) is 13.0 Å². The van der Waals surface area contributed by atoms with Crippen molar-refractivity contribution >= 4 is 18.2 Å². The monoisotopic (exact) mass is 408 g/mol. The number of hydrogen-bond donors (Lipinski definition) is 3. The Labute approximate surface area is 169 Å². The maximum absolute atomic E-state index is 12.3. The Balaban J connectivity index is 2.02. The molecule has 29 heavy (non-hydrogen) atoms. The molecule has 3 N–H and O–H groups in total. The Morgan fingerprint density at radius 2 is 1.90 bits per heavy atom. The van der Waals surface area contributed by atoms with Crippen LogP contribution in [0.1, 0.15) is 39.2 Å². The molecule has 1 aromatic rings. The van der Waals surface area contributed by atoms with Crippen molar-refractivity contribution in [1.29, 1.82) is 0 Å². The van der Waals surface area contributed by atoms with Gasteiger partial charge in [0.05, 0.1) is 6.54 Å². The highest BCUT2D eigenvalue weighted by molar-refractivity contribution is 5.85. The molecule has 0 spiro atoms. The Hall–Kier alpha value is -2.81. The number of ether oxygens (including phenoxy) is 3. The van der Waals surface area contributed by atoms with Crippen molar-refractivity contribution in [2.75, 3.05) is 13.2 Å². The molecular weight excluding hydrogens is 380 g/mol. The molecule has 9 nitrogen and oxygen atoms in total. The first-order chi connectivity index (χ1) is 13.6. The number of amides is 2. The van der Waals surface area contributed by atoms with E-state index in [1.54, 1.807) is 32.9 Å². The van der Waals surface area contributed by atoms with E-state index in [2.05, 4.69) is 10.6 Å². The summed E-state index contributed by atoms with van der Waals surface area (Å²) in [6, 6.07) is 9.03. The minimum atomic E-state index is -1.72. The summed E-state index contributed by atoms with van der Waals surface area (Å²) in [5.41, 5.74) is -1.64. The molecule has 1 saturated heterocycles. The second-order valence-electron chi connectivity index (χ2n) is 7.81. The van der Waals surface area contributed by atoms with E-state index in [0.717, 1.165) is 5.56 Å². The highest BCUT2D eigenvalue weighted by Crippen LogP contribution is 2.26. The number of carbonyl (C=O) groups excluding carboxylic acids is 2. The molecule has 0 bridgehead atoms. The van der Waals surface area contributed by atoms with Crippen LogP contribution >= 0.6 is 0 Å². The zero-order valence-corrected chi connectivity index (χ0v) is 16.9. The highest BCUT2D eigenvalue weighted by Gasteiger charge is 2.50. The smallest absolute Gasteiger partial charge is 0.408 e. The minimum absolute atomic E-state index is 0.00402. The molecule has 9 heteroatoms. The summed E-state index contributed by atoms with van der Waals surface area (Å²) < 4.78 is 15.9. The summed E-state index contributed by atoms with van der Waals surface area (Å²) in [5, 5.41) is 14.8. The molecule has 1 aliphatic rings. The van der Waals surface area contributed by atoms with Gasteiger partial charge in [-0.3, -0.25) is 0 Å². The lowest BCUT2D eigenvalue weighted by molar-refractivity contribution is -0.157.